The molecule has 2 aromatic carbocycles. The summed E-state index contributed by atoms with van der Waals surface area (Å²) in [4.78, 5) is 7.22. The van der Waals surface area contributed by atoms with Crippen molar-refractivity contribution in [3.63, 3.8) is 0 Å². The van der Waals surface area contributed by atoms with E-state index in [2.05, 4.69) is 9.97 Å². The summed E-state index contributed by atoms with van der Waals surface area (Å²) < 4.78 is 12.9. The van der Waals surface area contributed by atoms with Gasteiger partial charge in [0.1, 0.15) is 23.1 Å². The molecule has 0 saturated carbocycles. The van der Waals surface area contributed by atoms with Gasteiger partial charge >= 0.3 is 0 Å². The Morgan fingerprint density at radius 1 is 1.06 bits per heavy atom. The van der Waals surface area contributed by atoms with Crippen LogP contribution in [0.3, 0.4) is 0 Å². The number of phenols is 2. The number of aromatic hydroxyl groups is 2. The van der Waals surface area contributed by atoms with Crippen LogP contribution in [0, 0.1) is 5.82 Å². The SMILES string of the molecule is Oc1ccc2nc(-c3ccc(F)cc3O)[nH]c2c1. The first kappa shape index (κ1) is 10.6. The summed E-state index contributed by atoms with van der Waals surface area (Å²) >= 11 is 0. The summed E-state index contributed by atoms with van der Waals surface area (Å²) in [5.74, 6) is -0.141. The summed E-state index contributed by atoms with van der Waals surface area (Å²) in [6.07, 6.45) is 0. The van der Waals surface area contributed by atoms with E-state index in [1.54, 1.807) is 6.07 Å². The number of hydrogen-bond acceptors (Lipinski definition) is 3. The largest absolute Gasteiger partial charge is 0.508 e. The molecule has 0 aliphatic rings. The van der Waals surface area contributed by atoms with Gasteiger partial charge in [0, 0.05) is 12.1 Å². The van der Waals surface area contributed by atoms with Gasteiger partial charge in [0.05, 0.1) is 16.6 Å². The van der Waals surface area contributed by atoms with Gasteiger partial charge in [-0.25, -0.2) is 9.37 Å². The van der Waals surface area contributed by atoms with E-state index < -0.39 is 5.82 Å². The molecule has 1 aromatic heterocycles. The van der Waals surface area contributed by atoms with E-state index >= 15 is 0 Å². The summed E-state index contributed by atoms with van der Waals surface area (Å²) in [5.41, 5.74) is 1.72. The lowest BCUT2D eigenvalue weighted by Gasteiger charge is -2.00. The van der Waals surface area contributed by atoms with Crippen molar-refractivity contribution in [3.05, 3.63) is 42.2 Å². The summed E-state index contributed by atoms with van der Waals surface area (Å²) in [6, 6.07) is 8.44. The lowest BCUT2D eigenvalue weighted by atomic mass is 10.2. The van der Waals surface area contributed by atoms with Crippen molar-refractivity contribution in [1.29, 1.82) is 0 Å². The molecule has 0 aliphatic carbocycles. The molecular weight excluding hydrogens is 235 g/mol. The average molecular weight is 244 g/mol. The standard InChI is InChI=1S/C13H9FN2O2/c14-7-1-3-9(12(18)5-7)13-15-10-4-2-8(17)6-11(10)16-13/h1-6,17-18H,(H,15,16). The molecule has 0 atom stereocenters. The zero-order chi connectivity index (χ0) is 12.7. The molecule has 0 fully saturated rings. The quantitative estimate of drug-likeness (QED) is 0.616. The molecule has 3 N–H and O–H groups in total. The smallest absolute Gasteiger partial charge is 0.142 e. The van der Waals surface area contributed by atoms with Crippen LogP contribution >= 0.6 is 0 Å². The number of phenolic OH excluding ortho intramolecular Hbond substituents is 2. The van der Waals surface area contributed by atoms with Crippen molar-refractivity contribution in [2.24, 2.45) is 0 Å². The highest BCUT2D eigenvalue weighted by molar-refractivity contribution is 5.81. The van der Waals surface area contributed by atoms with Crippen molar-refractivity contribution in [1.82, 2.24) is 9.97 Å². The van der Waals surface area contributed by atoms with Crippen molar-refractivity contribution >= 4 is 11.0 Å². The maximum atomic E-state index is 12.9. The Hall–Kier alpha value is -2.56. The first-order valence-corrected chi connectivity index (χ1v) is 5.31. The van der Waals surface area contributed by atoms with E-state index in [1.807, 2.05) is 0 Å². The van der Waals surface area contributed by atoms with Gasteiger partial charge in [-0.05, 0) is 24.3 Å². The second-order valence-corrected chi connectivity index (χ2v) is 3.95. The summed E-state index contributed by atoms with van der Waals surface area (Å²) in [5, 5.41) is 19.0. The van der Waals surface area contributed by atoms with E-state index in [9.17, 15) is 14.6 Å². The third kappa shape index (κ3) is 1.66. The number of fused-ring (bicyclic) bond motifs is 1. The van der Waals surface area contributed by atoms with Gasteiger partial charge in [-0.2, -0.15) is 0 Å². The van der Waals surface area contributed by atoms with Crippen molar-refractivity contribution in [2.45, 2.75) is 0 Å². The van der Waals surface area contributed by atoms with Gasteiger partial charge in [-0.1, -0.05) is 0 Å². The Morgan fingerprint density at radius 2 is 1.89 bits per heavy atom. The zero-order valence-electron chi connectivity index (χ0n) is 9.18. The second-order valence-electron chi connectivity index (χ2n) is 3.95. The molecule has 0 amide bonds. The first-order valence-electron chi connectivity index (χ1n) is 5.31. The topological polar surface area (TPSA) is 69.1 Å². The van der Waals surface area contributed by atoms with Gasteiger partial charge in [-0.15, -0.1) is 0 Å². The normalized spacial score (nSPS) is 10.9. The molecular formula is C13H9FN2O2. The lowest BCUT2D eigenvalue weighted by molar-refractivity contribution is 0.471. The number of aromatic amines is 1. The fraction of sp³-hybridized carbons (Fsp3) is 0. The van der Waals surface area contributed by atoms with E-state index in [0.29, 0.717) is 22.4 Å². The van der Waals surface area contributed by atoms with Crippen molar-refractivity contribution in [2.75, 3.05) is 0 Å². The van der Waals surface area contributed by atoms with Crippen molar-refractivity contribution in [3.8, 4) is 22.9 Å². The van der Waals surface area contributed by atoms with E-state index in [4.69, 9.17) is 0 Å². The Bertz CT molecular complexity index is 737. The number of hydrogen-bond donors (Lipinski definition) is 3. The van der Waals surface area contributed by atoms with Crippen LogP contribution in [0.15, 0.2) is 36.4 Å². The highest BCUT2D eigenvalue weighted by Gasteiger charge is 2.10. The number of halogens is 1. The minimum absolute atomic E-state index is 0.126. The number of H-pyrrole nitrogens is 1. The predicted octanol–water partition coefficient (Wildman–Crippen LogP) is 2.78. The van der Waals surface area contributed by atoms with Crippen molar-refractivity contribution < 1.29 is 14.6 Å². The monoisotopic (exact) mass is 244 g/mol. The van der Waals surface area contributed by atoms with Gasteiger partial charge in [0.2, 0.25) is 0 Å². The molecule has 5 heteroatoms. The van der Waals surface area contributed by atoms with E-state index in [0.717, 1.165) is 6.07 Å². The molecule has 3 rings (SSSR count). The van der Waals surface area contributed by atoms with Gasteiger partial charge in [0.15, 0.2) is 0 Å². The molecule has 4 nitrogen and oxygen atoms in total. The zero-order valence-corrected chi connectivity index (χ0v) is 9.18. The molecule has 18 heavy (non-hydrogen) atoms. The van der Waals surface area contributed by atoms with Crippen LogP contribution in [0.1, 0.15) is 0 Å². The molecule has 0 spiro atoms. The minimum atomic E-state index is -0.509. The average Bonchev–Trinajstić information content (AvgIpc) is 2.71. The Balaban J connectivity index is 2.19. The third-order valence-electron chi connectivity index (χ3n) is 2.68. The molecule has 1 heterocycles. The number of aromatic nitrogens is 2. The highest BCUT2D eigenvalue weighted by atomic mass is 19.1. The minimum Gasteiger partial charge on any atom is -0.508 e. The first-order chi connectivity index (χ1) is 8.63. The molecule has 0 aliphatic heterocycles. The summed E-state index contributed by atoms with van der Waals surface area (Å²) in [6.45, 7) is 0. The number of imidazole rings is 1. The van der Waals surface area contributed by atoms with E-state index in [-0.39, 0.29) is 11.5 Å². The van der Waals surface area contributed by atoms with Gasteiger partial charge < -0.3 is 15.2 Å². The number of rotatable bonds is 1. The van der Waals surface area contributed by atoms with Crippen LogP contribution < -0.4 is 0 Å². The van der Waals surface area contributed by atoms with Gasteiger partial charge in [0.25, 0.3) is 0 Å². The lowest BCUT2D eigenvalue weighted by Crippen LogP contribution is -1.83. The summed E-state index contributed by atoms with van der Waals surface area (Å²) in [7, 11) is 0. The van der Waals surface area contributed by atoms with Crippen LogP contribution in [0.4, 0.5) is 4.39 Å². The highest BCUT2D eigenvalue weighted by Crippen LogP contribution is 2.29. The number of nitrogens with one attached hydrogen (secondary N) is 1. The Labute approximate surface area is 101 Å². The van der Waals surface area contributed by atoms with E-state index in [1.165, 1.54) is 24.3 Å². The van der Waals surface area contributed by atoms with Gasteiger partial charge in [-0.3, -0.25) is 0 Å². The molecule has 0 bridgehead atoms. The molecule has 0 saturated heterocycles. The predicted molar refractivity (Wildman–Crippen MR) is 64.8 cm³/mol. The molecule has 0 unspecified atom stereocenters. The Morgan fingerprint density at radius 3 is 2.67 bits per heavy atom. The second kappa shape index (κ2) is 3.73. The fourth-order valence-corrected chi connectivity index (χ4v) is 1.83. The third-order valence-corrected chi connectivity index (χ3v) is 2.68. The molecule has 0 radical (unpaired) electrons. The van der Waals surface area contributed by atoms with Crippen LogP contribution in [-0.2, 0) is 0 Å². The van der Waals surface area contributed by atoms with Crippen LogP contribution in [0.2, 0.25) is 0 Å². The Kier molecular flexibility index (Phi) is 2.19. The fourth-order valence-electron chi connectivity index (χ4n) is 1.83. The number of nitrogens with zero attached hydrogens (tertiary/aromatic N) is 1. The van der Waals surface area contributed by atoms with Crippen LogP contribution in [0.25, 0.3) is 22.4 Å². The maximum absolute atomic E-state index is 12.9. The number of benzene rings is 2. The van der Waals surface area contributed by atoms with Crippen LogP contribution in [-0.4, -0.2) is 20.2 Å². The molecule has 3 aromatic rings. The molecule has 90 valence electrons. The maximum Gasteiger partial charge on any atom is 0.142 e. The van der Waals surface area contributed by atoms with Crippen LogP contribution in [0.5, 0.6) is 11.5 Å².